The topological polar surface area (TPSA) is 12.0 Å². The van der Waals surface area contributed by atoms with Gasteiger partial charge in [-0.3, -0.25) is 0 Å². The molecule has 0 aromatic heterocycles. The summed E-state index contributed by atoms with van der Waals surface area (Å²) in [6.07, 6.45) is 2.43. The van der Waals surface area contributed by atoms with Crippen molar-refractivity contribution in [3.05, 3.63) is 28.8 Å². The smallest absolute Gasteiger partial charge is 0.0410 e. The van der Waals surface area contributed by atoms with E-state index in [1.807, 2.05) is 29.6 Å². The molecular formula is C15H22ClNS2. The highest BCUT2D eigenvalue weighted by atomic mass is 35.5. The molecule has 4 heteroatoms. The van der Waals surface area contributed by atoms with Crippen molar-refractivity contribution >= 4 is 35.1 Å². The summed E-state index contributed by atoms with van der Waals surface area (Å²) >= 11 is 10.1. The monoisotopic (exact) mass is 315 g/mol. The second kappa shape index (κ2) is 7.82. The molecule has 0 aliphatic carbocycles. The van der Waals surface area contributed by atoms with Gasteiger partial charge in [0.15, 0.2) is 0 Å². The number of thioether (sulfide) groups is 2. The minimum absolute atomic E-state index is 0.469. The lowest BCUT2D eigenvalue weighted by atomic mass is 10.0. The third-order valence-electron chi connectivity index (χ3n) is 3.40. The van der Waals surface area contributed by atoms with Gasteiger partial charge in [-0.05, 0) is 60.8 Å². The molecule has 1 N–H and O–H groups in total. The molecule has 0 spiro atoms. The second-order valence-corrected chi connectivity index (χ2v) is 7.89. The minimum atomic E-state index is 0.469. The molecule has 1 heterocycles. The van der Waals surface area contributed by atoms with E-state index in [0.717, 1.165) is 5.02 Å². The van der Waals surface area contributed by atoms with E-state index in [9.17, 15) is 0 Å². The third kappa shape index (κ3) is 4.59. The second-order valence-electron chi connectivity index (χ2n) is 4.93. The Balaban J connectivity index is 1.97. The Hall–Kier alpha value is 0.170. The van der Waals surface area contributed by atoms with E-state index in [2.05, 4.69) is 31.3 Å². The fraction of sp³-hybridized carbons (Fsp3) is 0.600. The normalized spacial score (nSPS) is 20.1. The zero-order valence-corrected chi connectivity index (χ0v) is 14.0. The summed E-state index contributed by atoms with van der Waals surface area (Å²) in [6.45, 7) is 4.52. The Morgan fingerprint density at radius 3 is 3.16 bits per heavy atom. The van der Waals surface area contributed by atoms with Crippen molar-refractivity contribution in [3.63, 3.8) is 0 Å². The van der Waals surface area contributed by atoms with Crippen LogP contribution in [0.4, 0.5) is 0 Å². The highest BCUT2D eigenvalue weighted by Crippen LogP contribution is 2.37. The van der Waals surface area contributed by atoms with Gasteiger partial charge in [0.05, 0.1) is 0 Å². The van der Waals surface area contributed by atoms with Crippen LogP contribution in [0.1, 0.15) is 38.3 Å². The summed E-state index contributed by atoms with van der Waals surface area (Å²) in [5.41, 5.74) is 1.39. The SMILES string of the molecule is CCSCCC(C)NC1CCSc2ccc(Cl)cc21. The first-order valence-corrected chi connectivity index (χ1v) is 9.48. The van der Waals surface area contributed by atoms with Gasteiger partial charge < -0.3 is 5.32 Å². The highest BCUT2D eigenvalue weighted by molar-refractivity contribution is 7.99. The number of rotatable bonds is 6. The van der Waals surface area contributed by atoms with Crippen LogP contribution < -0.4 is 5.32 Å². The molecule has 0 fully saturated rings. The number of fused-ring (bicyclic) bond motifs is 1. The summed E-state index contributed by atoms with van der Waals surface area (Å²) in [5.74, 6) is 3.66. The zero-order valence-electron chi connectivity index (χ0n) is 11.6. The lowest BCUT2D eigenvalue weighted by Crippen LogP contribution is -2.32. The van der Waals surface area contributed by atoms with E-state index in [1.165, 1.54) is 40.6 Å². The lowest BCUT2D eigenvalue weighted by molar-refractivity contribution is 0.434. The molecule has 1 nitrogen and oxygen atoms in total. The molecule has 0 saturated carbocycles. The summed E-state index contributed by atoms with van der Waals surface area (Å²) in [4.78, 5) is 1.39. The van der Waals surface area contributed by atoms with Gasteiger partial charge in [0.2, 0.25) is 0 Å². The summed E-state index contributed by atoms with van der Waals surface area (Å²) in [6, 6.07) is 7.33. The standard InChI is InChI=1S/C15H22ClNS2/c1-3-18-8-6-11(2)17-14-7-9-19-15-5-4-12(16)10-13(14)15/h4-5,10-11,14,17H,3,6-9H2,1-2H3. The van der Waals surface area contributed by atoms with E-state index in [-0.39, 0.29) is 0 Å². The molecule has 0 amide bonds. The first-order chi connectivity index (χ1) is 9.20. The first kappa shape index (κ1) is 15.6. The van der Waals surface area contributed by atoms with Gasteiger partial charge in [-0.2, -0.15) is 11.8 Å². The van der Waals surface area contributed by atoms with Gasteiger partial charge in [-0.25, -0.2) is 0 Å². The Labute approximate surface area is 130 Å². The van der Waals surface area contributed by atoms with E-state index < -0.39 is 0 Å². The molecule has 0 radical (unpaired) electrons. The van der Waals surface area contributed by atoms with Crippen LogP contribution in [0, 0.1) is 0 Å². The van der Waals surface area contributed by atoms with Gasteiger partial charge in [0.1, 0.15) is 0 Å². The maximum atomic E-state index is 6.14. The highest BCUT2D eigenvalue weighted by Gasteiger charge is 2.22. The molecule has 1 aliphatic heterocycles. The average Bonchev–Trinajstić information content (AvgIpc) is 2.40. The average molecular weight is 316 g/mol. The predicted octanol–water partition coefficient (Wildman–Crippen LogP) is 5.00. The lowest BCUT2D eigenvalue weighted by Gasteiger charge is -2.29. The van der Waals surface area contributed by atoms with Gasteiger partial charge in [-0.15, -0.1) is 11.8 Å². The van der Waals surface area contributed by atoms with Crippen molar-refractivity contribution in [2.75, 3.05) is 17.3 Å². The van der Waals surface area contributed by atoms with Crippen molar-refractivity contribution < 1.29 is 0 Å². The van der Waals surface area contributed by atoms with Gasteiger partial charge >= 0.3 is 0 Å². The molecule has 2 rings (SSSR count). The molecular weight excluding hydrogens is 294 g/mol. The van der Waals surface area contributed by atoms with Crippen LogP contribution >= 0.6 is 35.1 Å². The van der Waals surface area contributed by atoms with Gasteiger partial charge in [0, 0.05) is 22.0 Å². The molecule has 0 saturated heterocycles. The van der Waals surface area contributed by atoms with Crippen LogP contribution in [0.3, 0.4) is 0 Å². The Morgan fingerprint density at radius 1 is 1.53 bits per heavy atom. The van der Waals surface area contributed by atoms with Crippen LogP contribution in [-0.2, 0) is 0 Å². The maximum Gasteiger partial charge on any atom is 0.0410 e. The largest absolute Gasteiger partial charge is 0.307 e. The van der Waals surface area contributed by atoms with Crippen molar-refractivity contribution in [1.29, 1.82) is 0 Å². The molecule has 1 aromatic carbocycles. The number of hydrogen-bond acceptors (Lipinski definition) is 3. The van der Waals surface area contributed by atoms with Crippen molar-refractivity contribution in [3.8, 4) is 0 Å². The molecule has 1 aliphatic rings. The van der Waals surface area contributed by atoms with E-state index >= 15 is 0 Å². The fourth-order valence-corrected chi connectivity index (χ4v) is 4.46. The van der Waals surface area contributed by atoms with E-state index in [0.29, 0.717) is 12.1 Å². The van der Waals surface area contributed by atoms with Crippen molar-refractivity contribution in [1.82, 2.24) is 5.32 Å². The zero-order chi connectivity index (χ0) is 13.7. The summed E-state index contributed by atoms with van der Waals surface area (Å²) in [7, 11) is 0. The molecule has 2 atom stereocenters. The Morgan fingerprint density at radius 2 is 2.37 bits per heavy atom. The molecule has 0 bridgehead atoms. The molecule has 19 heavy (non-hydrogen) atoms. The van der Waals surface area contributed by atoms with E-state index in [1.54, 1.807) is 0 Å². The summed E-state index contributed by atoms with van der Waals surface area (Å²) < 4.78 is 0. The summed E-state index contributed by atoms with van der Waals surface area (Å²) in [5, 5.41) is 4.63. The maximum absolute atomic E-state index is 6.14. The van der Waals surface area contributed by atoms with Crippen LogP contribution in [0.2, 0.25) is 5.02 Å². The van der Waals surface area contributed by atoms with Crippen LogP contribution in [0.5, 0.6) is 0 Å². The molecule has 1 aromatic rings. The number of nitrogens with one attached hydrogen (secondary N) is 1. The van der Waals surface area contributed by atoms with Crippen molar-refractivity contribution in [2.45, 2.75) is 43.7 Å². The number of benzene rings is 1. The van der Waals surface area contributed by atoms with Crippen LogP contribution in [-0.4, -0.2) is 23.3 Å². The Kier molecular flexibility index (Phi) is 6.40. The van der Waals surface area contributed by atoms with Gasteiger partial charge in [0.25, 0.3) is 0 Å². The first-order valence-electron chi connectivity index (χ1n) is 6.96. The predicted molar refractivity (Wildman–Crippen MR) is 89.7 cm³/mol. The van der Waals surface area contributed by atoms with Crippen LogP contribution in [0.15, 0.2) is 23.1 Å². The Bertz CT molecular complexity index is 411. The third-order valence-corrected chi connectivity index (χ3v) is 5.69. The number of hydrogen-bond donors (Lipinski definition) is 1. The fourth-order valence-electron chi connectivity index (χ4n) is 2.37. The number of halogens is 1. The van der Waals surface area contributed by atoms with E-state index in [4.69, 9.17) is 11.6 Å². The van der Waals surface area contributed by atoms with Crippen LogP contribution in [0.25, 0.3) is 0 Å². The van der Waals surface area contributed by atoms with Crippen molar-refractivity contribution in [2.24, 2.45) is 0 Å². The molecule has 2 unspecified atom stereocenters. The quantitative estimate of drug-likeness (QED) is 0.742. The minimum Gasteiger partial charge on any atom is -0.307 e. The van der Waals surface area contributed by atoms with Gasteiger partial charge in [-0.1, -0.05) is 18.5 Å². The molecule has 106 valence electrons.